The van der Waals surface area contributed by atoms with Gasteiger partial charge >= 0.3 is 5.97 Å². The van der Waals surface area contributed by atoms with Gasteiger partial charge in [0.15, 0.2) is 0 Å². The maximum Gasteiger partial charge on any atom is 0.337 e. The molecule has 7 heteroatoms. The summed E-state index contributed by atoms with van der Waals surface area (Å²) >= 11 is 0. The lowest BCUT2D eigenvalue weighted by atomic mass is 10.1. The third kappa shape index (κ3) is 1.78. The number of fused-ring (bicyclic) bond motifs is 1. The van der Waals surface area contributed by atoms with Crippen LogP contribution in [-0.4, -0.2) is 26.0 Å². The van der Waals surface area contributed by atoms with Crippen LogP contribution in [0.2, 0.25) is 0 Å². The van der Waals surface area contributed by atoms with Crippen LogP contribution in [0.5, 0.6) is 0 Å². The van der Waals surface area contributed by atoms with E-state index in [0.29, 0.717) is 6.42 Å². The van der Waals surface area contributed by atoms with Crippen molar-refractivity contribution in [1.29, 1.82) is 0 Å². The summed E-state index contributed by atoms with van der Waals surface area (Å²) in [6, 6.07) is 6.12. The van der Waals surface area contributed by atoms with Gasteiger partial charge in [-0.25, -0.2) is 13.2 Å². The van der Waals surface area contributed by atoms with Crippen LogP contribution in [0, 0.1) is 0 Å². The Morgan fingerprint density at radius 3 is 2.75 bits per heavy atom. The minimum Gasteiger partial charge on any atom is -0.478 e. The molecule has 1 aliphatic rings. The van der Waals surface area contributed by atoms with Crippen LogP contribution in [0.25, 0.3) is 0 Å². The molecule has 1 aromatic heterocycles. The van der Waals surface area contributed by atoms with Crippen LogP contribution < -0.4 is 4.31 Å². The van der Waals surface area contributed by atoms with Crippen molar-refractivity contribution in [2.45, 2.75) is 11.3 Å². The number of para-hydroxylation sites is 1. The lowest BCUT2D eigenvalue weighted by Gasteiger charge is -2.19. The van der Waals surface area contributed by atoms with E-state index < -0.39 is 16.0 Å². The number of hydrogen-bond donors (Lipinski definition) is 1. The van der Waals surface area contributed by atoms with E-state index in [0.717, 1.165) is 16.1 Å². The number of benzene rings is 1. The van der Waals surface area contributed by atoms with E-state index in [1.165, 1.54) is 18.4 Å². The Labute approximate surface area is 115 Å². The standard InChI is InChI=1S/C13H11NO5S/c15-13(16)11-3-1-2-9-4-6-14(12(9)11)20(17,18)10-5-7-19-8-10/h1-3,5,7-8H,4,6H2,(H,15,16). The fourth-order valence-corrected chi connectivity index (χ4v) is 3.81. The molecule has 0 saturated heterocycles. The summed E-state index contributed by atoms with van der Waals surface area (Å²) in [7, 11) is -3.79. The van der Waals surface area contributed by atoms with E-state index in [9.17, 15) is 18.3 Å². The Morgan fingerprint density at radius 2 is 2.10 bits per heavy atom. The van der Waals surface area contributed by atoms with Crippen LogP contribution in [0.15, 0.2) is 46.1 Å². The van der Waals surface area contributed by atoms with Gasteiger partial charge in [0.25, 0.3) is 10.0 Å². The average molecular weight is 293 g/mol. The van der Waals surface area contributed by atoms with Crippen molar-refractivity contribution >= 4 is 21.7 Å². The molecule has 0 radical (unpaired) electrons. The summed E-state index contributed by atoms with van der Waals surface area (Å²) in [6.45, 7) is 0.229. The van der Waals surface area contributed by atoms with Crippen molar-refractivity contribution in [1.82, 2.24) is 0 Å². The number of sulfonamides is 1. The molecular weight excluding hydrogens is 282 g/mol. The monoisotopic (exact) mass is 293 g/mol. The summed E-state index contributed by atoms with van der Waals surface area (Å²) in [5.41, 5.74) is 0.963. The molecule has 2 aromatic rings. The first-order valence-electron chi connectivity index (χ1n) is 5.92. The molecule has 2 heterocycles. The second kappa shape index (κ2) is 4.38. The molecule has 1 aromatic carbocycles. The molecule has 0 amide bonds. The quantitative estimate of drug-likeness (QED) is 0.931. The van der Waals surface area contributed by atoms with Crippen molar-refractivity contribution < 1.29 is 22.7 Å². The first-order valence-corrected chi connectivity index (χ1v) is 7.36. The smallest absolute Gasteiger partial charge is 0.337 e. The molecule has 0 spiro atoms. The predicted molar refractivity (Wildman–Crippen MR) is 70.3 cm³/mol. The third-order valence-corrected chi connectivity index (χ3v) is 5.04. The molecule has 0 saturated carbocycles. The molecular formula is C13H11NO5S. The van der Waals surface area contributed by atoms with Gasteiger partial charge in [0, 0.05) is 6.54 Å². The van der Waals surface area contributed by atoms with Crippen LogP contribution in [0.1, 0.15) is 15.9 Å². The lowest BCUT2D eigenvalue weighted by Crippen LogP contribution is -2.30. The number of rotatable bonds is 3. The Hall–Kier alpha value is -2.28. The highest BCUT2D eigenvalue weighted by molar-refractivity contribution is 7.92. The molecule has 1 aliphatic heterocycles. The van der Waals surface area contributed by atoms with Crippen LogP contribution in [-0.2, 0) is 16.4 Å². The van der Waals surface area contributed by atoms with E-state index in [1.54, 1.807) is 12.1 Å². The highest BCUT2D eigenvalue weighted by Crippen LogP contribution is 2.36. The Balaban J connectivity index is 2.17. The number of nitrogens with zero attached hydrogens (tertiary/aromatic N) is 1. The molecule has 0 atom stereocenters. The Morgan fingerprint density at radius 1 is 1.30 bits per heavy atom. The fraction of sp³-hybridized carbons (Fsp3) is 0.154. The largest absolute Gasteiger partial charge is 0.478 e. The molecule has 20 heavy (non-hydrogen) atoms. The summed E-state index contributed by atoms with van der Waals surface area (Å²) in [4.78, 5) is 11.3. The van der Waals surface area contributed by atoms with Gasteiger partial charge in [0.05, 0.1) is 17.5 Å². The second-order valence-electron chi connectivity index (χ2n) is 4.40. The van der Waals surface area contributed by atoms with Gasteiger partial charge in [-0.2, -0.15) is 0 Å². The highest BCUT2D eigenvalue weighted by Gasteiger charge is 2.34. The molecule has 0 aliphatic carbocycles. The minimum absolute atomic E-state index is 0.00734. The van der Waals surface area contributed by atoms with Crippen LogP contribution >= 0.6 is 0 Å². The summed E-state index contributed by atoms with van der Waals surface area (Å²) in [5, 5.41) is 9.22. The molecule has 3 rings (SSSR count). The summed E-state index contributed by atoms with van der Waals surface area (Å²) in [5.74, 6) is -1.14. The van der Waals surface area contributed by atoms with Gasteiger partial charge in [-0.05, 0) is 24.1 Å². The van der Waals surface area contributed by atoms with Gasteiger partial charge in [0.2, 0.25) is 0 Å². The molecule has 0 bridgehead atoms. The van der Waals surface area contributed by atoms with E-state index in [2.05, 4.69) is 0 Å². The number of anilines is 1. The van der Waals surface area contributed by atoms with Crippen molar-refractivity contribution in [2.75, 3.05) is 10.8 Å². The number of hydrogen-bond acceptors (Lipinski definition) is 4. The van der Waals surface area contributed by atoms with Crippen LogP contribution in [0.4, 0.5) is 5.69 Å². The SMILES string of the molecule is O=C(O)c1cccc2c1N(S(=O)(=O)c1ccoc1)CC2. The number of aromatic carboxylic acids is 1. The van der Waals surface area contributed by atoms with E-state index in [-0.39, 0.29) is 22.7 Å². The van der Waals surface area contributed by atoms with Gasteiger partial charge in [-0.15, -0.1) is 0 Å². The van der Waals surface area contributed by atoms with Crippen molar-refractivity contribution in [3.05, 3.63) is 47.9 Å². The number of furan rings is 1. The average Bonchev–Trinajstić information content (AvgIpc) is 3.07. The molecule has 0 unspecified atom stereocenters. The number of carboxylic acids is 1. The van der Waals surface area contributed by atoms with Crippen LogP contribution in [0.3, 0.4) is 0 Å². The molecule has 0 fully saturated rings. The van der Waals surface area contributed by atoms with E-state index in [4.69, 9.17) is 4.42 Å². The fourth-order valence-electron chi connectivity index (χ4n) is 2.36. The van der Waals surface area contributed by atoms with Crippen molar-refractivity contribution in [3.63, 3.8) is 0 Å². The maximum absolute atomic E-state index is 12.5. The third-order valence-electron chi connectivity index (χ3n) is 3.27. The first-order chi connectivity index (χ1) is 9.51. The summed E-state index contributed by atoms with van der Waals surface area (Å²) < 4.78 is 31.0. The number of carboxylic acid groups (broad SMARTS) is 1. The van der Waals surface area contributed by atoms with Gasteiger partial charge in [-0.1, -0.05) is 12.1 Å². The Kier molecular flexibility index (Phi) is 2.79. The zero-order valence-electron chi connectivity index (χ0n) is 10.3. The first kappa shape index (κ1) is 12.7. The van der Waals surface area contributed by atoms with E-state index >= 15 is 0 Å². The molecule has 6 nitrogen and oxygen atoms in total. The molecule has 1 N–H and O–H groups in total. The minimum atomic E-state index is -3.79. The van der Waals surface area contributed by atoms with Crippen molar-refractivity contribution in [2.24, 2.45) is 0 Å². The van der Waals surface area contributed by atoms with Crippen molar-refractivity contribution in [3.8, 4) is 0 Å². The topological polar surface area (TPSA) is 87.8 Å². The molecule has 104 valence electrons. The normalized spacial score (nSPS) is 14.3. The Bertz CT molecular complexity index is 764. The highest BCUT2D eigenvalue weighted by atomic mass is 32.2. The summed E-state index contributed by atoms with van der Waals surface area (Å²) in [6.07, 6.45) is 2.90. The van der Waals surface area contributed by atoms with Gasteiger partial charge in [-0.3, -0.25) is 4.31 Å². The second-order valence-corrected chi connectivity index (χ2v) is 6.27. The number of carbonyl (C=O) groups is 1. The van der Waals surface area contributed by atoms with Gasteiger partial charge < -0.3 is 9.52 Å². The van der Waals surface area contributed by atoms with E-state index in [1.807, 2.05) is 0 Å². The maximum atomic E-state index is 12.5. The zero-order valence-corrected chi connectivity index (χ0v) is 11.1. The lowest BCUT2D eigenvalue weighted by molar-refractivity contribution is 0.0698. The predicted octanol–water partition coefficient (Wildman–Crippen LogP) is 1.73. The zero-order chi connectivity index (χ0) is 14.3. The van der Waals surface area contributed by atoms with Gasteiger partial charge in [0.1, 0.15) is 11.2 Å².